The van der Waals surface area contributed by atoms with Crippen LogP contribution in [-0.4, -0.2) is 0 Å². The number of hydrogen-bond donors (Lipinski definition) is 0. The Morgan fingerprint density at radius 3 is 1.70 bits per heavy atom. The van der Waals surface area contributed by atoms with E-state index in [2.05, 4.69) is 42.5 Å². The van der Waals surface area contributed by atoms with Gasteiger partial charge in [0.1, 0.15) is 0 Å². The van der Waals surface area contributed by atoms with Crippen LogP contribution in [0.3, 0.4) is 0 Å². The van der Waals surface area contributed by atoms with Crippen LogP contribution in [0.15, 0.2) is 200 Å². The summed E-state index contributed by atoms with van der Waals surface area (Å²) in [6, 6.07) is 57.9. The molecule has 0 N–H and O–H groups in total. The third-order valence-electron chi connectivity index (χ3n) is 8.53. The van der Waals surface area contributed by atoms with Crippen LogP contribution in [0.2, 0.25) is 0 Å². The third kappa shape index (κ3) is 5.72. The Balaban J connectivity index is 1.36. The first-order chi connectivity index (χ1) is 25.0. The number of hydrogen-bond acceptors (Lipinski definition) is 1. The molecule has 0 radical (unpaired) electrons. The fraction of sp³-hybridized carbons (Fsp3) is 0. The van der Waals surface area contributed by atoms with Crippen LogP contribution < -0.4 is 4.90 Å². The molecule has 0 saturated carbocycles. The molecular formula is C46H33N. The molecule has 8 aromatic carbocycles. The summed E-state index contributed by atoms with van der Waals surface area (Å²) >= 11 is 0. The molecule has 0 aliphatic carbocycles. The summed E-state index contributed by atoms with van der Waals surface area (Å²) in [6.07, 6.45) is 0. The number of fused-ring (bicyclic) bond motifs is 1. The largest absolute Gasteiger partial charge is 0.310 e. The predicted octanol–water partition coefficient (Wildman–Crippen LogP) is 13.0. The van der Waals surface area contributed by atoms with Gasteiger partial charge in [-0.3, -0.25) is 0 Å². The third-order valence-corrected chi connectivity index (χ3v) is 8.53. The molecule has 0 aromatic heterocycles. The molecule has 0 fully saturated rings. The number of anilines is 3. The smallest absolute Gasteiger partial charge is 0.0645 e. The Morgan fingerprint density at radius 1 is 0.340 bits per heavy atom. The van der Waals surface area contributed by atoms with E-state index in [1.807, 2.05) is 138 Å². The van der Waals surface area contributed by atoms with Crippen molar-refractivity contribution in [2.24, 2.45) is 0 Å². The zero-order chi connectivity index (χ0) is 34.9. The lowest BCUT2D eigenvalue weighted by Gasteiger charge is -2.28. The lowest BCUT2D eigenvalue weighted by atomic mass is 9.97. The van der Waals surface area contributed by atoms with Crippen LogP contribution in [0.5, 0.6) is 0 Å². The molecule has 0 spiro atoms. The maximum atomic E-state index is 9.54. The van der Waals surface area contributed by atoms with Gasteiger partial charge in [0.05, 0.1) is 11.2 Å². The van der Waals surface area contributed by atoms with E-state index in [1.165, 1.54) is 0 Å². The number of benzene rings is 8. The van der Waals surface area contributed by atoms with Crippen LogP contribution in [0.25, 0.3) is 55.3 Å². The van der Waals surface area contributed by atoms with Gasteiger partial charge in [-0.25, -0.2) is 0 Å². The zero-order valence-corrected chi connectivity index (χ0v) is 25.7. The second kappa shape index (κ2) is 12.7. The SMILES string of the molecule is [2H]c1c([2H])c(N(c2cccc(-c3cccc4ccccc34)c2)c2ccccc2-c2ccccc2)c([2H])c([2H])c1-c1cccc(-c2ccccc2)c1. The highest BCUT2D eigenvalue weighted by atomic mass is 15.1. The van der Waals surface area contributed by atoms with Gasteiger partial charge in [0.25, 0.3) is 0 Å². The minimum absolute atomic E-state index is 0.0939. The molecule has 1 heteroatoms. The summed E-state index contributed by atoms with van der Waals surface area (Å²) in [5.41, 5.74) is 8.46. The van der Waals surface area contributed by atoms with E-state index in [-0.39, 0.29) is 35.4 Å². The minimum atomic E-state index is -0.116. The Hall–Kier alpha value is -6.18. The summed E-state index contributed by atoms with van der Waals surface area (Å²) in [4.78, 5) is 1.89. The summed E-state index contributed by atoms with van der Waals surface area (Å²) in [5.74, 6) is 0. The number of nitrogens with zero attached hydrogens (tertiary/aromatic N) is 1. The van der Waals surface area contributed by atoms with Gasteiger partial charge in [-0.15, -0.1) is 0 Å². The van der Waals surface area contributed by atoms with Crippen molar-refractivity contribution in [3.8, 4) is 44.5 Å². The quantitative estimate of drug-likeness (QED) is 0.175. The molecule has 47 heavy (non-hydrogen) atoms. The lowest BCUT2D eigenvalue weighted by molar-refractivity contribution is 1.28. The Morgan fingerprint density at radius 2 is 0.894 bits per heavy atom. The van der Waals surface area contributed by atoms with E-state index in [1.54, 1.807) is 0 Å². The predicted molar refractivity (Wildman–Crippen MR) is 200 cm³/mol. The molecule has 0 aliphatic heterocycles. The standard InChI is InChI=1S/C46H33N/c1-3-14-34(15-4-1)38-20-11-21-39(32-38)35-28-30-41(31-29-35)47(46-27-10-9-25-45(46)37-16-5-2-6-17-37)42-23-12-22-40(33-42)44-26-13-19-36-18-7-8-24-43(36)44/h1-33H/i28D,29D,30D,31D. The van der Waals surface area contributed by atoms with Gasteiger partial charge in [-0.05, 0) is 86.1 Å². The topological polar surface area (TPSA) is 3.24 Å². The van der Waals surface area contributed by atoms with Crippen LogP contribution in [0, 0.1) is 0 Å². The first-order valence-electron chi connectivity index (χ1n) is 17.8. The van der Waals surface area contributed by atoms with E-state index >= 15 is 0 Å². The van der Waals surface area contributed by atoms with E-state index in [9.17, 15) is 5.48 Å². The van der Waals surface area contributed by atoms with Crippen LogP contribution in [0.1, 0.15) is 5.48 Å². The highest BCUT2D eigenvalue weighted by Crippen LogP contribution is 2.42. The maximum Gasteiger partial charge on any atom is 0.0645 e. The van der Waals surface area contributed by atoms with E-state index < -0.39 is 0 Å². The molecule has 0 amide bonds. The van der Waals surface area contributed by atoms with Crippen molar-refractivity contribution in [3.63, 3.8) is 0 Å². The highest BCUT2D eigenvalue weighted by Gasteiger charge is 2.18. The van der Waals surface area contributed by atoms with Crippen LogP contribution in [-0.2, 0) is 0 Å². The van der Waals surface area contributed by atoms with Gasteiger partial charge in [0.15, 0.2) is 0 Å². The van der Waals surface area contributed by atoms with Crippen LogP contribution >= 0.6 is 0 Å². The van der Waals surface area contributed by atoms with E-state index in [0.29, 0.717) is 5.56 Å². The van der Waals surface area contributed by atoms with Gasteiger partial charge in [0, 0.05) is 16.9 Å². The maximum absolute atomic E-state index is 9.54. The van der Waals surface area contributed by atoms with Gasteiger partial charge < -0.3 is 4.90 Å². The number of rotatable bonds is 7. The fourth-order valence-corrected chi connectivity index (χ4v) is 6.26. The van der Waals surface area contributed by atoms with E-state index in [4.69, 9.17) is 0 Å². The molecule has 222 valence electrons. The summed E-state index contributed by atoms with van der Waals surface area (Å²) in [6.45, 7) is 0. The summed E-state index contributed by atoms with van der Waals surface area (Å²) < 4.78 is 37.8. The second-order valence-corrected chi connectivity index (χ2v) is 11.5. The molecule has 0 bridgehead atoms. The van der Waals surface area contributed by atoms with Crippen molar-refractivity contribution in [1.82, 2.24) is 0 Å². The van der Waals surface area contributed by atoms with Crippen molar-refractivity contribution in [3.05, 3.63) is 200 Å². The summed E-state index contributed by atoms with van der Waals surface area (Å²) in [7, 11) is 0. The normalized spacial score (nSPS) is 12.2. The van der Waals surface area contributed by atoms with Crippen molar-refractivity contribution in [2.75, 3.05) is 4.90 Å². The molecule has 0 heterocycles. The lowest BCUT2D eigenvalue weighted by Crippen LogP contribution is -2.11. The molecule has 0 unspecified atom stereocenters. The molecule has 8 rings (SSSR count). The molecule has 1 nitrogen and oxygen atoms in total. The Kier molecular flexibility index (Phi) is 6.50. The minimum Gasteiger partial charge on any atom is -0.310 e. The molecular weight excluding hydrogens is 567 g/mol. The van der Waals surface area contributed by atoms with Crippen molar-refractivity contribution in [1.29, 1.82) is 0 Å². The highest BCUT2D eigenvalue weighted by molar-refractivity contribution is 5.98. The van der Waals surface area contributed by atoms with Crippen molar-refractivity contribution >= 4 is 27.8 Å². The second-order valence-electron chi connectivity index (χ2n) is 11.5. The molecule has 0 saturated heterocycles. The first-order valence-corrected chi connectivity index (χ1v) is 15.8. The van der Waals surface area contributed by atoms with Crippen molar-refractivity contribution in [2.45, 2.75) is 0 Å². The average molecular weight is 604 g/mol. The first kappa shape index (κ1) is 24.1. The fourth-order valence-electron chi connectivity index (χ4n) is 6.26. The molecule has 0 atom stereocenters. The molecule has 8 aromatic rings. The van der Waals surface area contributed by atoms with Gasteiger partial charge in [0.2, 0.25) is 0 Å². The van der Waals surface area contributed by atoms with Gasteiger partial charge in [-0.1, -0.05) is 164 Å². The zero-order valence-electron chi connectivity index (χ0n) is 29.7. The monoisotopic (exact) mass is 603 g/mol. The van der Waals surface area contributed by atoms with Gasteiger partial charge >= 0.3 is 0 Å². The van der Waals surface area contributed by atoms with E-state index in [0.717, 1.165) is 55.5 Å². The van der Waals surface area contributed by atoms with Crippen molar-refractivity contribution < 1.29 is 5.48 Å². The van der Waals surface area contributed by atoms with Gasteiger partial charge in [-0.2, -0.15) is 0 Å². The Labute approximate surface area is 282 Å². The summed E-state index contributed by atoms with van der Waals surface area (Å²) in [5, 5.41) is 2.26. The molecule has 0 aliphatic rings. The van der Waals surface area contributed by atoms with Crippen LogP contribution in [0.4, 0.5) is 17.1 Å². The Bertz CT molecular complexity index is 2490. The average Bonchev–Trinajstić information content (AvgIpc) is 3.19. The number of para-hydroxylation sites is 1.